The third-order valence-corrected chi connectivity index (χ3v) is 6.82. The molecule has 0 spiro atoms. The van der Waals surface area contributed by atoms with Crippen molar-refractivity contribution in [3.63, 3.8) is 0 Å². The van der Waals surface area contributed by atoms with Gasteiger partial charge in [-0.05, 0) is 25.5 Å². The van der Waals surface area contributed by atoms with Crippen LogP contribution >= 0.6 is 0 Å². The second-order valence-corrected chi connectivity index (χ2v) is 9.27. The molecule has 0 aliphatic carbocycles. The van der Waals surface area contributed by atoms with Crippen molar-refractivity contribution < 1.29 is 14.1 Å². The number of para-hydroxylation sites is 1. The monoisotopic (exact) mass is 495 g/mol. The van der Waals surface area contributed by atoms with E-state index in [9.17, 15) is 9.59 Å². The molecule has 3 aromatic heterocycles. The summed E-state index contributed by atoms with van der Waals surface area (Å²) in [6.45, 7) is 4.06. The number of aryl methyl sites for hydroxylation is 2. The molecular weight excluding hydrogens is 470 g/mol. The molecule has 0 fully saturated rings. The zero-order valence-electron chi connectivity index (χ0n) is 20.6. The molecule has 5 aromatic rings. The van der Waals surface area contributed by atoms with Crippen molar-refractivity contribution in [1.29, 1.82) is 0 Å². The molecule has 0 saturated heterocycles. The van der Waals surface area contributed by atoms with Gasteiger partial charge in [0, 0.05) is 36.2 Å². The van der Waals surface area contributed by atoms with Gasteiger partial charge in [0.15, 0.2) is 0 Å². The number of carbonyl (C=O) groups excluding carboxylic acids is 2. The molecule has 0 radical (unpaired) electrons. The van der Waals surface area contributed by atoms with Gasteiger partial charge < -0.3 is 24.3 Å². The van der Waals surface area contributed by atoms with E-state index in [0.29, 0.717) is 12.2 Å². The maximum Gasteiger partial charge on any atom is 0.289 e. The van der Waals surface area contributed by atoms with Crippen molar-refractivity contribution in [3.8, 4) is 11.1 Å². The molecule has 2 aromatic carbocycles. The number of nitrogens with zero attached hydrogens (tertiary/aromatic N) is 5. The summed E-state index contributed by atoms with van der Waals surface area (Å²) in [5.41, 5.74) is 5.43. The summed E-state index contributed by atoms with van der Waals surface area (Å²) in [5.74, 6) is 0.665. The highest BCUT2D eigenvalue weighted by Crippen LogP contribution is 2.39. The summed E-state index contributed by atoms with van der Waals surface area (Å²) in [7, 11) is 1.72. The second kappa shape index (κ2) is 8.74. The normalized spacial score (nSPS) is 15.3. The summed E-state index contributed by atoms with van der Waals surface area (Å²) in [6.07, 6.45) is 2.52. The molecule has 10 nitrogen and oxygen atoms in total. The minimum atomic E-state index is -0.805. The summed E-state index contributed by atoms with van der Waals surface area (Å²) < 4.78 is 7.43. The number of H-pyrrole nitrogens is 1. The van der Waals surface area contributed by atoms with Crippen LogP contribution in [0.2, 0.25) is 0 Å². The van der Waals surface area contributed by atoms with Crippen molar-refractivity contribution in [1.82, 2.24) is 30.2 Å². The molecule has 6 rings (SSSR count). The minimum absolute atomic E-state index is 0.0669. The van der Waals surface area contributed by atoms with Gasteiger partial charge in [-0.15, -0.1) is 10.2 Å². The molecule has 1 atom stereocenters. The van der Waals surface area contributed by atoms with Crippen molar-refractivity contribution in [2.75, 3.05) is 11.9 Å². The standard InChI is InChI=1S/C27H25N7O3/c1-15-23(16(2)37-32-15)19-13-34-14-20(27(36)33(3)21-11-7-10-18(19)24(21)34)28-26(35)25-29-22(30-31-25)12-17-8-5-4-6-9-17/h4-11,13,20H,12,14H2,1-3H3,(H,28,35)(H,29,30,31). The quantitative estimate of drug-likeness (QED) is 0.385. The van der Waals surface area contributed by atoms with E-state index in [2.05, 4.69) is 25.7 Å². The molecule has 0 saturated carbocycles. The molecule has 37 heavy (non-hydrogen) atoms. The van der Waals surface area contributed by atoms with Crippen LogP contribution in [0.3, 0.4) is 0 Å². The smallest absolute Gasteiger partial charge is 0.289 e. The first-order chi connectivity index (χ1) is 17.9. The molecule has 1 aliphatic heterocycles. The second-order valence-electron chi connectivity index (χ2n) is 9.27. The number of anilines is 1. The Bertz CT molecular complexity index is 1630. The molecule has 1 aliphatic rings. The van der Waals surface area contributed by atoms with E-state index in [1.807, 2.05) is 73.1 Å². The number of aromatic amines is 1. The highest BCUT2D eigenvalue weighted by molar-refractivity contribution is 6.10. The molecule has 186 valence electrons. The first-order valence-electron chi connectivity index (χ1n) is 12.0. The van der Waals surface area contributed by atoms with E-state index >= 15 is 0 Å². The van der Waals surface area contributed by atoms with Crippen LogP contribution in [0.15, 0.2) is 59.3 Å². The van der Waals surface area contributed by atoms with Gasteiger partial charge in [0.05, 0.1) is 23.4 Å². The Morgan fingerprint density at radius 1 is 1.14 bits per heavy atom. The predicted octanol–water partition coefficient (Wildman–Crippen LogP) is 3.40. The van der Waals surface area contributed by atoms with E-state index < -0.39 is 11.9 Å². The van der Waals surface area contributed by atoms with Crippen molar-refractivity contribution >= 4 is 28.4 Å². The summed E-state index contributed by atoms with van der Waals surface area (Å²) in [4.78, 5) is 31.1. The number of likely N-dealkylation sites (N-methyl/N-ethyl adjacent to an activating group) is 1. The Hall–Kier alpha value is -4.73. The van der Waals surface area contributed by atoms with Crippen LogP contribution in [-0.4, -0.2) is 49.8 Å². The van der Waals surface area contributed by atoms with E-state index in [-0.39, 0.29) is 18.3 Å². The van der Waals surface area contributed by atoms with Crippen LogP contribution in [0, 0.1) is 13.8 Å². The lowest BCUT2D eigenvalue weighted by molar-refractivity contribution is -0.120. The Kier molecular flexibility index (Phi) is 5.36. The molecular formula is C27H25N7O3. The minimum Gasteiger partial charge on any atom is -0.361 e. The lowest BCUT2D eigenvalue weighted by Crippen LogP contribution is -2.48. The molecule has 2 N–H and O–H groups in total. The van der Waals surface area contributed by atoms with Gasteiger partial charge >= 0.3 is 0 Å². The van der Waals surface area contributed by atoms with E-state index in [0.717, 1.165) is 44.7 Å². The summed E-state index contributed by atoms with van der Waals surface area (Å²) >= 11 is 0. The van der Waals surface area contributed by atoms with Crippen LogP contribution < -0.4 is 10.2 Å². The zero-order valence-corrected chi connectivity index (χ0v) is 20.6. The van der Waals surface area contributed by atoms with Crippen molar-refractivity contribution in [2.24, 2.45) is 0 Å². The van der Waals surface area contributed by atoms with Crippen LogP contribution in [-0.2, 0) is 17.8 Å². The number of rotatable bonds is 5. The summed E-state index contributed by atoms with van der Waals surface area (Å²) in [5, 5.41) is 16.1. The average molecular weight is 496 g/mol. The number of nitrogens with one attached hydrogen (secondary N) is 2. The highest BCUT2D eigenvalue weighted by Gasteiger charge is 2.32. The average Bonchev–Trinajstić information content (AvgIpc) is 3.59. The molecule has 0 bridgehead atoms. The fourth-order valence-electron chi connectivity index (χ4n) is 5.05. The summed E-state index contributed by atoms with van der Waals surface area (Å²) in [6, 6.07) is 14.8. The number of hydrogen-bond donors (Lipinski definition) is 2. The molecule has 1 unspecified atom stereocenters. The number of hydrogen-bond acceptors (Lipinski definition) is 6. The largest absolute Gasteiger partial charge is 0.361 e. The highest BCUT2D eigenvalue weighted by atomic mass is 16.5. The number of aromatic nitrogens is 5. The lowest BCUT2D eigenvalue weighted by Gasteiger charge is -2.21. The maximum absolute atomic E-state index is 13.4. The number of benzene rings is 2. The zero-order chi connectivity index (χ0) is 25.7. The van der Waals surface area contributed by atoms with E-state index in [1.54, 1.807) is 11.9 Å². The van der Waals surface area contributed by atoms with E-state index in [1.165, 1.54) is 0 Å². The van der Waals surface area contributed by atoms with Gasteiger partial charge in [0.1, 0.15) is 17.6 Å². The first-order valence-corrected chi connectivity index (χ1v) is 12.0. The van der Waals surface area contributed by atoms with Gasteiger partial charge in [-0.2, -0.15) is 0 Å². The molecule has 2 amide bonds. The van der Waals surface area contributed by atoms with Gasteiger partial charge in [0.2, 0.25) is 5.82 Å². The number of carbonyl (C=O) groups is 2. The fraction of sp³-hybridized carbons (Fsp3) is 0.222. The van der Waals surface area contributed by atoms with Gasteiger partial charge in [-0.1, -0.05) is 47.6 Å². The Morgan fingerprint density at radius 3 is 2.70 bits per heavy atom. The maximum atomic E-state index is 13.4. The molecule has 4 heterocycles. The Morgan fingerprint density at radius 2 is 1.95 bits per heavy atom. The van der Waals surface area contributed by atoms with Gasteiger partial charge in [0.25, 0.3) is 11.8 Å². The van der Waals surface area contributed by atoms with Gasteiger partial charge in [-0.3, -0.25) is 9.59 Å². The third-order valence-electron chi connectivity index (χ3n) is 6.82. The van der Waals surface area contributed by atoms with Gasteiger partial charge in [-0.25, -0.2) is 0 Å². The first kappa shape index (κ1) is 22.7. The fourth-order valence-corrected chi connectivity index (χ4v) is 5.05. The third kappa shape index (κ3) is 3.86. The van der Waals surface area contributed by atoms with Crippen molar-refractivity contribution in [2.45, 2.75) is 32.9 Å². The predicted molar refractivity (Wildman–Crippen MR) is 137 cm³/mol. The molecule has 10 heteroatoms. The van der Waals surface area contributed by atoms with Crippen LogP contribution in [0.1, 0.15) is 33.5 Å². The number of amides is 2. The topological polar surface area (TPSA) is 122 Å². The van der Waals surface area contributed by atoms with Crippen LogP contribution in [0.5, 0.6) is 0 Å². The lowest BCUT2D eigenvalue weighted by atomic mass is 10.0. The van der Waals surface area contributed by atoms with Crippen LogP contribution in [0.4, 0.5) is 5.69 Å². The van der Waals surface area contributed by atoms with Crippen LogP contribution in [0.25, 0.3) is 22.0 Å². The SMILES string of the molecule is Cc1noc(C)c1-c1cn2c3c(cccc13)N(C)C(=O)C(NC(=O)c1nnc(Cc3ccccc3)[nH]1)C2. The van der Waals surface area contributed by atoms with E-state index in [4.69, 9.17) is 4.52 Å². The Balaban J connectivity index is 1.31. The van der Waals surface area contributed by atoms with Crippen molar-refractivity contribution in [3.05, 3.63) is 83.4 Å². The Labute approximate surface area is 212 Å².